The topological polar surface area (TPSA) is 79.3 Å². The van der Waals surface area contributed by atoms with Gasteiger partial charge in [0, 0.05) is 0 Å². The van der Waals surface area contributed by atoms with Gasteiger partial charge in [-0.15, -0.1) is 11.8 Å². The molecule has 5 nitrogen and oxygen atoms in total. The molecule has 1 aromatic heterocycles. The van der Waals surface area contributed by atoms with Crippen LogP contribution < -0.4 is 5.32 Å². The minimum atomic E-state index is -4.53. The third-order valence-corrected chi connectivity index (χ3v) is 2.71. The van der Waals surface area contributed by atoms with Gasteiger partial charge in [0.1, 0.15) is 5.69 Å². The molecule has 19 heavy (non-hydrogen) atoms. The number of amides is 1. The first-order valence-corrected chi connectivity index (χ1v) is 6.07. The van der Waals surface area contributed by atoms with Crippen LogP contribution in [0.2, 0.25) is 0 Å². The summed E-state index contributed by atoms with van der Waals surface area (Å²) in [5, 5.41) is 10.7. The van der Waals surface area contributed by atoms with Gasteiger partial charge in [0.25, 0.3) is 0 Å². The highest BCUT2D eigenvalue weighted by atomic mass is 32.2. The molecule has 0 radical (unpaired) electrons. The molecule has 0 aromatic carbocycles. The van der Waals surface area contributed by atoms with Gasteiger partial charge >= 0.3 is 12.1 Å². The van der Waals surface area contributed by atoms with Crippen LogP contribution in [0.1, 0.15) is 5.69 Å². The number of thioether (sulfide) groups is 1. The molecule has 0 fully saturated rings. The number of aromatic nitrogens is 1. The normalized spacial score (nSPS) is 11.1. The summed E-state index contributed by atoms with van der Waals surface area (Å²) in [5.74, 6) is -1.88. The minimum absolute atomic E-state index is 0.104. The first kappa shape index (κ1) is 15.3. The molecule has 9 heteroatoms. The van der Waals surface area contributed by atoms with Crippen molar-refractivity contribution < 1.29 is 27.9 Å². The van der Waals surface area contributed by atoms with Crippen molar-refractivity contribution in [3.63, 3.8) is 0 Å². The lowest BCUT2D eigenvalue weighted by Gasteiger charge is -2.07. The van der Waals surface area contributed by atoms with Crippen molar-refractivity contribution >= 4 is 29.3 Å². The summed E-state index contributed by atoms with van der Waals surface area (Å²) in [7, 11) is 0. The number of nitrogens with zero attached hydrogens (tertiary/aromatic N) is 1. The molecule has 0 aliphatic carbocycles. The molecule has 0 saturated carbocycles. The molecule has 0 aliphatic rings. The molecular formula is C10H9F3N2O3S. The minimum Gasteiger partial charge on any atom is -0.481 e. The van der Waals surface area contributed by atoms with Crippen molar-refractivity contribution in [2.75, 3.05) is 16.8 Å². The predicted molar refractivity (Wildman–Crippen MR) is 62.8 cm³/mol. The first-order valence-electron chi connectivity index (χ1n) is 4.91. The quantitative estimate of drug-likeness (QED) is 0.866. The van der Waals surface area contributed by atoms with Crippen molar-refractivity contribution in [2.24, 2.45) is 0 Å². The van der Waals surface area contributed by atoms with Crippen LogP contribution in [0.5, 0.6) is 0 Å². The standard InChI is InChI=1S/C10H9F3N2O3S/c11-10(12,13)7-2-1-6(3-14-7)15-8(16)4-19-5-9(17)18/h1-3H,4-5H2,(H,15,16)(H,17,18). The monoisotopic (exact) mass is 294 g/mol. The Bertz CT molecular complexity index is 462. The number of anilines is 1. The van der Waals surface area contributed by atoms with E-state index in [-0.39, 0.29) is 17.2 Å². The lowest BCUT2D eigenvalue weighted by molar-refractivity contribution is -0.141. The van der Waals surface area contributed by atoms with Crippen LogP contribution in [0.15, 0.2) is 18.3 Å². The number of carboxylic acid groups (broad SMARTS) is 1. The largest absolute Gasteiger partial charge is 0.481 e. The van der Waals surface area contributed by atoms with E-state index >= 15 is 0 Å². The predicted octanol–water partition coefficient (Wildman–Crippen LogP) is 1.86. The Balaban J connectivity index is 2.49. The third-order valence-electron chi connectivity index (χ3n) is 1.80. The fourth-order valence-corrected chi connectivity index (χ4v) is 1.60. The fraction of sp³-hybridized carbons (Fsp3) is 0.300. The van der Waals surface area contributed by atoms with E-state index < -0.39 is 23.7 Å². The lowest BCUT2D eigenvalue weighted by Crippen LogP contribution is -2.16. The Morgan fingerprint density at radius 1 is 1.32 bits per heavy atom. The highest BCUT2D eigenvalue weighted by Gasteiger charge is 2.32. The second kappa shape index (κ2) is 6.41. The van der Waals surface area contributed by atoms with Gasteiger partial charge < -0.3 is 10.4 Å². The summed E-state index contributed by atoms with van der Waals surface area (Å²) in [5.41, 5.74) is -0.931. The van der Waals surface area contributed by atoms with Crippen molar-refractivity contribution in [2.45, 2.75) is 6.18 Å². The Labute approximate surface area is 110 Å². The SMILES string of the molecule is O=C(O)CSCC(=O)Nc1ccc(C(F)(F)F)nc1. The fourth-order valence-electron chi connectivity index (χ4n) is 1.06. The maximum absolute atomic E-state index is 12.2. The second-order valence-corrected chi connectivity index (χ2v) is 4.35. The number of hydrogen-bond acceptors (Lipinski definition) is 4. The van der Waals surface area contributed by atoms with E-state index in [0.29, 0.717) is 0 Å². The van der Waals surface area contributed by atoms with Crippen LogP contribution in [0.4, 0.5) is 18.9 Å². The number of halogens is 3. The molecule has 0 spiro atoms. The highest BCUT2D eigenvalue weighted by Crippen LogP contribution is 2.27. The summed E-state index contributed by atoms with van der Waals surface area (Å²) < 4.78 is 36.6. The van der Waals surface area contributed by atoms with Gasteiger partial charge in [-0.25, -0.2) is 4.98 Å². The van der Waals surface area contributed by atoms with E-state index in [1.165, 1.54) is 0 Å². The van der Waals surface area contributed by atoms with Gasteiger partial charge in [-0.1, -0.05) is 0 Å². The number of carboxylic acids is 1. The van der Waals surface area contributed by atoms with Crippen molar-refractivity contribution in [1.29, 1.82) is 0 Å². The van der Waals surface area contributed by atoms with E-state index in [4.69, 9.17) is 5.11 Å². The molecule has 2 N–H and O–H groups in total. The van der Waals surface area contributed by atoms with E-state index in [9.17, 15) is 22.8 Å². The van der Waals surface area contributed by atoms with Crippen molar-refractivity contribution in [3.8, 4) is 0 Å². The maximum atomic E-state index is 12.2. The Morgan fingerprint density at radius 3 is 2.47 bits per heavy atom. The molecule has 0 unspecified atom stereocenters. The average molecular weight is 294 g/mol. The molecule has 0 saturated heterocycles. The molecule has 1 rings (SSSR count). The van der Waals surface area contributed by atoms with Crippen LogP contribution in [0.25, 0.3) is 0 Å². The number of nitrogens with one attached hydrogen (secondary N) is 1. The van der Waals surface area contributed by atoms with E-state index in [0.717, 1.165) is 30.1 Å². The van der Waals surface area contributed by atoms with E-state index in [1.54, 1.807) is 0 Å². The number of rotatable bonds is 5. The van der Waals surface area contributed by atoms with Gasteiger partial charge in [-0.3, -0.25) is 9.59 Å². The van der Waals surface area contributed by atoms with Gasteiger partial charge in [0.2, 0.25) is 5.91 Å². The zero-order chi connectivity index (χ0) is 14.5. The lowest BCUT2D eigenvalue weighted by atomic mass is 10.3. The molecule has 0 bridgehead atoms. The Kier molecular flexibility index (Phi) is 5.16. The van der Waals surface area contributed by atoms with E-state index in [1.807, 2.05) is 0 Å². The zero-order valence-corrected chi connectivity index (χ0v) is 10.2. The number of pyridine rings is 1. The van der Waals surface area contributed by atoms with Gasteiger partial charge in [-0.2, -0.15) is 13.2 Å². The van der Waals surface area contributed by atoms with Gasteiger partial charge in [-0.05, 0) is 12.1 Å². The van der Waals surface area contributed by atoms with Crippen LogP contribution in [-0.4, -0.2) is 33.5 Å². The maximum Gasteiger partial charge on any atom is 0.433 e. The van der Waals surface area contributed by atoms with Crippen molar-refractivity contribution in [3.05, 3.63) is 24.0 Å². The first-order chi connectivity index (χ1) is 8.79. The summed E-state index contributed by atoms with van der Waals surface area (Å²) in [4.78, 5) is 24.7. The summed E-state index contributed by atoms with van der Waals surface area (Å²) in [6.45, 7) is 0. The number of hydrogen-bond donors (Lipinski definition) is 2. The molecule has 0 atom stereocenters. The average Bonchev–Trinajstić information content (AvgIpc) is 2.27. The smallest absolute Gasteiger partial charge is 0.433 e. The molecule has 1 aromatic rings. The molecule has 104 valence electrons. The van der Waals surface area contributed by atoms with Crippen LogP contribution >= 0.6 is 11.8 Å². The molecule has 0 aliphatic heterocycles. The number of aliphatic carboxylic acids is 1. The zero-order valence-electron chi connectivity index (χ0n) is 9.40. The summed E-state index contributed by atoms with van der Waals surface area (Å²) >= 11 is 0.884. The molecule has 1 amide bonds. The van der Waals surface area contributed by atoms with Crippen LogP contribution in [0, 0.1) is 0 Å². The number of alkyl halides is 3. The Hall–Kier alpha value is -1.77. The molecular weight excluding hydrogens is 285 g/mol. The highest BCUT2D eigenvalue weighted by molar-refractivity contribution is 8.00. The van der Waals surface area contributed by atoms with Gasteiger partial charge in [0.05, 0.1) is 23.4 Å². The third kappa shape index (κ3) is 5.60. The second-order valence-electron chi connectivity index (χ2n) is 3.36. The molecule has 1 heterocycles. The summed E-state index contributed by atoms with van der Waals surface area (Å²) in [6.07, 6.45) is -3.64. The number of carbonyl (C=O) groups excluding carboxylic acids is 1. The Morgan fingerprint density at radius 2 is 2.00 bits per heavy atom. The summed E-state index contributed by atoms with van der Waals surface area (Å²) in [6, 6.07) is 1.83. The van der Waals surface area contributed by atoms with Crippen LogP contribution in [-0.2, 0) is 15.8 Å². The van der Waals surface area contributed by atoms with Crippen molar-refractivity contribution in [1.82, 2.24) is 4.98 Å². The van der Waals surface area contributed by atoms with Crippen LogP contribution in [0.3, 0.4) is 0 Å². The van der Waals surface area contributed by atoms with E-state index in [2.05, 4.69) is 10.3 Å². The van der Waals surface area contributed by atoms with Gasteiger partial charge in [0.15, 0.2) is 0 Å². The number of carbonyl (C=O) groups is 2.